The van der Waals surface area contributed by atoms with Gasteiger partial charge in [0.2, 0.25) is 0 Å². The smallest absolute Gasteiger partial charge is 0.162 e. The third-order valence-corrected chi connectivity index (χ3v) is 7.31. The van der Waals surface area contributed by atoms with Crippen molar-refractivity contribution in [2.45, 2.75) is 30.9 Å². The van der Waals surface area contributed by atoms with Crippen LogP contribution in [-0.2, 0) is 10.8 Å². The fraction of sp³-hybridized carbons (Fsp3) is 0.579. The number of methoxy groups -OCH3 is 2. The minimum absolute atomic E-state index is 0.399. The molecule has 1 aliphatic carbocycles. The van der Waals surface area contributed by atoms with Crippen molar-refractivity contribution < 1.29 is 13.7 Å². The van der Waals surface area contributed by atoms with Crippen molar-refractivity contribution in [2.75, 3.05) is 38.5 Å². The van der Waals surface area contributed by atoms with Crippen molar-refractivity contribution in [1.82, 2.24) is 9.97 Å². The van der Waals surface area contributed by atoms with E-state index in [1.807, 2.05) is 18.4 Å². The van der Waals surface area contributed by atoms with Crippen molar-refractivity contribution in [3.8, 4) is 11.5 Å². The third kappa shape index (κ3) is 2.92. The molecule has 2 aromatic rings. The molecule has 1 unspecified atom stereocenters. The van der Waals surface area contributed by atoms with Crippen LogP contribution in [0.3, 0.4) is 0 Å². The zero-order valence-corrected chi connectivity index (χ0v) is 16.3. The molecule has 140 valence electrons. The first-order valence-electron chi connectivity index (χ1n) is 8.99. The van der Waals surface area contributed by atoms with Gasteiger partial charge in [0.1, 0.15) is 12.1 Å². The summed E-state index contributed by atoms with van der Waals surface area (Å²) in [6.45, 7) is 1.95. The van der Waals surface area contributed by atoms with Gasteiger partial charge in [-0.3, -0.25) is 4.21 Å². The molecule has 26 heavy (non-hydrogen) atoms. The van der Waals surface area contributed by atoms with E-state index in [9.17, 15) is 4.21 Å². The molecule has 0 radical (unpaired) electrons. The van der Waals surface area contributed by atoms with E-state index < -0.39 is 10.8 Å². The molecule has 7 heteroatoms. The van der Waals surface area contributed by atoms with Crippen molar-refractivity contribution >= 4 is 27.5 Å². The number of hydrogen-bond acceptors (Lipinski definition) is 6. The molecule has 4 rings (SSSR count). The maximum Gasteiger partial charge on any atom is 0.162 e. The van der Waals surface area contributed by atoms with Gasteiger partial charge in [0, 0.05) is 46.8 Å². The summed E-state index contributed by atoms with van der Waals surface area (Å²) in [6.07, 6.45) is 7.95. The molecule has 1 saturated heterocycles. The Kier molecular flexibility index (Phi) is 4.50. The lowest BCUT2D eigenvalue weighted by Gasteiger charge is -2.51. The number of ether oxygens (including phenoxy) is 2. The predicted octanol–water partition coefficient (Wildman–Crippen LogP) is 2.77. The quantitative estimate of drug-likeness (QED) is 0.819. The van der Waals surface area contributed by atoms with E-state index in [1.54, 1.807) is 20.5 Å². The molecule has 2 aliphatic rings. The van der Waals surface area contributed by atoms with Crippen LogP contribution in [-0.4, -0.2) is 53.0 Å². The molecule has 2 heterocycles. The Labute approximate surface area is 156 Å². The number of rotatable bonds is 4. The van der Waals surface area contributed by atoms with Crippen LogP contribution in [0, 0.1) is 5.41 Å². The van der Waals surface area contributed by atoms with E-state index >= 15 is 0 Å². The third-order valence-electron chi connectivity index (χ3n) is 6.03. The Morgan fingerprint density at radius 1 is 1.12 bits per heavy atom. The van der Waals surface area contributed by atoms with Gasteiger partial charge in [-0.05, 0) is 37.2 Å². The Morgan fingerprint density at radius 2 is 1.77 bits per heavy atom. The largest absolute Gasteiger partial charge is 0.493 e. The molecule has 1 saturated carbocycles. The van der Waals surface area contributed by atoms with Crippen LogP contribution in [0.1, 0.15) is 25.7 Å². The van der Waals surface area contributed by atoms with Gasteiger partial charge in [0.05, 0.1) is 19.7 Å². The summed E-state index contributed by atoms with van der Waals surface area (Å²) in [5.41, 5.74) is 1.26. The highest BCUT2D eigenvalue weighted by molar-refractivity contribution is 7.84. The fourth-order valence-electron chi connectivity index (χ4n) is 4.36. The molecule has 1 aromatic heterocycles. The highest BCUT2D eigenvalue weighted by atomic mass is 32.2. The highest BCUT2D eigenvalue weighted by Gasteiger charge is 2.47. The standard InChI is InChI=1S/C19H25N3O3S/c1-24-16-8-14-15(9-17(16)25-2)20-12-21-18(14)22-6-4-19(5-7-22)10-13(11-19)26(3)23/h8-9,12-13H,4-7,10-11H2,1-3H3. The second-order valence-corrected chi connectivity index (χ2v) is 9.10. The average Bonchev–Trinajstić information content (AvgIpc) is 2.64. The maximum absolute atomic E-state index is 11.7. The van der Waals surface area contributed by atoms with Crippen molar-refractivity contribution in [3.05, 3.63) is 18.5 Å². The zero-order valence-electron chi connectivity index (χ0n) is 15.5. The summed E-state index contributed by atoms with van der Waals surface area (Å²) in [7, 11) is 2.59. The van der Waals surface area contributed by atoms with E-state index in [1.165, 1.54) is 0 Å². The Morgan fingerprint density at radius 3 is 2.38 bits per heavy atom. The number of benzene rings is 1. The monoisotopic (exact) mass is 375 g/mol. The second-order valence-electron chi connectivity index (χ2n) is 7.44. The van der Waals surface area contributed by atoms with Crippen molar-refractivity contribution in [3.63, 3.8) is 0 Å². The first-order valence-corrected chi connectivity index (χ1v) is 10.6. The van der Waals surface area contributed by atoms with Gasteiger partial charge < -0.3 is 14.4 Å². The molecule has 1 spiro atoms. The lowest BCUT2D eigenvalue weighted by atomic mass is 9.63. The minimum Gasteiger partial charge on any atom is -0.493 e. The molecular weight excluding hydrogens is 350 g/mol. The van der Waals surface area contributed by atoms with Gasteiger partial charge in [0.15, 0.2) is 11.5 Å². The molecule has 1 aromatic carbocycles. The maximum atomic E-state index is 11.7. The van der Waals surface area contributed by atoms with Crippen LogP contribution in [0.5, 0.6) is 11.5 Å². The van der Waals surface area contributed by atoms with Gasteiger partial charge in [-0.15, -0.1) is 0 Å². The van der Waals surface area contributed by atoms with Gasteiger partial charge >= 0.3 is 0 Å². The van der Waals surface area contributed by atoms with Crippen LogP contribution in [0.2, 0.25) is 0 Å². The summed E-state index contributed by atoms with van der Waals surface area (Å²) in [5, 5.41) is 1.39. The molecule has 1 aliphatic heterocycles. The molecule has 2 fully saturated rings. The molecule has 6 nitrogen and oxygen atoms in total. The summed E-state index contributed by atoms with van der Waals surface area (Å²) in [5.74, 6) is 2.33. The Bertz CT molecular complexity index is 841. The van der Waals surface area contributed by atoms with Gasteiger partial charge in [-0.1, -0.05) is 0 Å². The number of fused-ring (bicyclic) bond motifs is 1. The van der Waals surface area contributed by atoms with E-state index in [-0.39, 0.29) is 0 Å². The van der Waals surface area contributed by atoms with Gasteiger partial charge in [-0.2, -0.15) is 0 Å². The molecule has 1 atom stereocenters. The summed E-state index contributed by atoms with van der Waals surface area (Å²) >= 11 is 0. The van der Waals surface area contributed by atoms with Crippen LogP contribution in [0.4, 0.5) is 5.82 Å². The van der Waals surface area contributed by atoms with Crippen molar-refractivity contribution in [1.29, 1.82) is 0 Å². The Balaban J connectivity index is 1.57. The zero-order chi connectivity index (χ0) is 18.3. The first kappa shape index (κ1) is 17.5. The molecule has 0 bridgehead atoms. The van der Waals surface area contributed by atoms with Crippen LogP contribution in [0.25, 0.3) is 10.9 Å². The lowest BCUT2D eigenvalue weighted by Crippen LogP contribution is -2.50. The molecular formula is C19H25N3O3S. The van der Waals surface area contributed by atoms with Crippen LogP contribution < -0.4 is 14.4 Å². The normalized spacial score (nSPS) is 20.8. The number of nitrogens with zero attached hydrogens (tertiary/aromatic N) is 3. The number of anilines is 1. The van der Waals surface area contributed by atoms with E-state index in [2.05, 4.69) is 14.9 Å². The minimum atomic E-state index is -0.682. The topological polar surface area (TPSA) is 64.6 Å². The molecule has 0 amide bonds. The summed E-state index contributed by atoms with van der Waals surface area (Å²) in [4.78, 5) is 11.3. The average molecular weight is 375 g/mol. The number of hydrogen-bond donors (Lipinski definition) is 0. The highest BCUT2D eigenvalue weighted by Crippen LogP contribution is 2.51. The van der Waals surface area contributed by atoms with Gasteiger partial charge in [0.25, 0.3) is 0 Å². The van der Waals surface area contributed by atoms with E-state index in [0.717, 1.165) is 55.5 Å². The van der Waals surface area contributed by atoms with Crippen LogP contribution >= 0.6 is 0 Å². The summed E-state index contributed by atoms with van der Waals surface area (Å²) < 4.78 is 22.5. The predicted molar refractivity (Wildman–Crippen MR) is 104 cm³/mol. The second kappa shape index (κ2) is 6.68. The van der Waals surface area contributed by atoms with E-state index in [4.69, 9.17) is 9.47 Å². The number of aromatic nitrogens is 2. The SMILES string of the molecule is COc1cc2ncnc(N3CCC4(CC3)CC(S(C)=O)C4)c2cc1OC. The number of piperidine rings is 1. The van der Waals surface area contributed by atoms with Crippen molar-refractivity contribution in [2.24, 2.45) is 5.41 Å². The molecule has 0 N–H and O–H groups in total. The van der Waals surface area contributed by atoms with Gasteiger partial charge in [-0.25, -0.2) is 9.97 Å². The van der Waals surface area contributed by atoms with E-state index in [0.29, 0.717) is 22.2 Å². The fourth-order valence-corrected chi connectivity index (χ4v) is 5.54. The lowest BCUT2D eigenvalue weighted by molar-refractivity contribution is 0.101. The Hall–Kier alpha value is -1.89. The van der Waals surface area contributed by atoms with Crippen LogP contribution in [0.15, 0.2) is 18.5 Å². The first-order chi connectivity index (χ1) is 12.5. The summed E-state index contributed by atoms with van der Waals surface area (Å²) in [6, 6.07) is 3.87.